The molecule has 3 aromatic carbocycles. The van der Waals surface area contributed by atoms with E-state index >= 15 is 0 Å². The van der Waals surface area contributed by atoms with Crippen molar-refractivity contribution in [2.45, 2.75) is 13.5 Å². The van der Waals surface area contributed by atoms with E-state index in [1.165, 1.54) is 24.3 Å². The molecule has 1 heterocycles. The van der Waals surface area contributed by atoms with Crippen LogP contribution in [0, 0.1) is 10.1 Å². The predicted octanol–water partition coefficient (Wildman–Crippen LogP) is 4.99. The van der Waals surface area contributed by atoms with Crippen LogP contribution in [0.1, 0.15) is 18.1 Å². The van der Waals surface area contributed by atoms with Gasteiger partial charge in [0.2, 0.25) is 0 Å². The fourth-order valence-electron chi connectivity index (χ4n) is 3.41. The molecule has 0 saturated heterocycles. The molecule has 0 bridgehead atoms. The highest BCUT2D eigenvalue weighted by molar-refractivity contribution is 6.32. The second-order valence-electron chi connectivity index (χ2n) is 7.32. The maximum absolute atomic E-state index is 12.9. The Hall–Kier alpha value is -4.46. The molecule has 1 amide bonds. The van der Waals surface area contributed by atoms with Gasteiger partial charge in [-0.25, -0.2) is 0 Å². The van der Waals surface area contributed by atoms with Gasteiger partial charge >= 0.3 is 0 Å². The van der Waals surface area contributed by atoms with Gasteiger partial charge in [-0.3, -0.25) is 14.9 Å². The number of nitro groups is 1. The highest BCUT2D eigenvalue weighted by atomic mass is 16.6. The fraction of sp³-hybridized carbons (Fsp3) is 0.120. The molecule has 1 aliphatic rings. The lowest BCUT2D eigenvalue weighted by molar-refractivity contribution is -0.384. The number of ether oxygens (including phenoxy) is 2. The Bertz CT molecular complexity index is 1270. The van der Waals surface area contributed by atoms with E-state index in [0.29, 0.717) is 34.0 Å². The summed E-state index contributed by atoms with van der Waals surface area (Å²) in [5.41, 5.74) is 3.24. The van der Waals surface area contributed by atoms with E-state index in [9.17, 15) is 14.9 Å². The van der Waals surface area contributed by atoms with Gasteiger partial charge in [0.05, 0.1) is 29.0 Å². The summed E-state index contributed by atoms with van der Waals surface area (Å²) in [5, 5.41) is 16.7. The maximum atomic E-state index is 12.9. The third-order valence-electron chi connectivity index (χ3n) is 5.08. The van der Waals surface area contributed by atoms with E-state index in [4.69, 9.17) is 9.47 Å². The summed E-state index contributed by atoms with van der Waals surface area (Å²) in [6.07, 6.45) is 1.76. The van der Waals surface area contributed by atoms with Crippen molar-refractivity contribution in [2.75, 3.05) is 12.1 Å². The van der Waals surface area contributed by atoms with Crippen LogP contribution in [0.5, 0.6) is 11.5 Å². The Morgan fingerprint density at radius 3 is 2.55 bits per heavy atom. The smallest absolute Gasteiger partial charge is 0.280 e. The van der Waals surface area contributed by atoms with Gasteiger partial charge in [-0.05, 0) is 48.4 Å². The van der Waals surface area contributed by atoms with Crippen LogP contribution in [-0.2, 0) is 11.4 Å². The second-order valence-corrected chi connectivity index (χ2v) is 7.32. The number of hydrogen-bond acceptors (Lipinski definition) is 6. The van der Waals surface area contributed by atoms with E-state index in [2.05, 4.69) is 5.10 Å². The molecule has 0 saturated carbocycles. The standard InChI is InChI=1S/C25H21N3O5/c1-17-22(25(29)27(26-17)20-8-4-3-5-9-20)14-18-11-12-23(24(15-18)32-2)33-16-19-7-6-10-21(13-19)28(30)31/h3-15H,16H2,1-2H3/b22-14-. The Labute approximate surface area is 190 Å². The van der Waals surface area contributed by atoms with Crippen molar-refractivity contribution in [3.05, 3.63) is 99.6 Å². The molecule has 0 atom stereocenters. The third kappa shape index (κ3) is 4.74. The van der Waals surface area contributed by atoms with E-state index < -0.39 is 4.92 Å². The molecule has 4 rings (SSSR count). The number of hydrogen-bond donors (Lipinski definition) is 0. The Morgan fingerprint density at radius 1 is 1.03 bits per heavy atom. The molecule has 0 radical (unpaired) electrons. The number of rotatable bonds is 7. The summed E-state index contributed by atoms with van der Waals surface area (Å²) in [6.45, 7) is 1.94. The van der Waals surface area contributed by atoms with Crippen molar-refractivity contribution < 1.29 is 19.2 Å². The van der Waals surface area contributed by atoms with Gasteiger partial charge in [0.1, 0.15) is 6.61 Å². The van der Waals surface area contributed by atoms with Crippen molar-refractivity contribution in [3.8, 4) is 11.5 Å². The number of anilines is 1. The Morgan fingerprint density at radius 2 is 1.82 bits per heavy atom. The van der Waals surface area contributed by atoms with Crippen molar-refractivity contribution in [2.24, 2.45) is 5.10 Å². The number of benzene rings is 3. The van der Waals surface area contributed by atoms with Gasteiger partial charge in [0, 0.05) is 12.1 Å². The van der Waals surface area contributed by atoms with Crippen LogP contribution in [0.15, 0.2) is 83.5 Å². The van der Waals surface area contributed by atoms with Gasteiger partial charge in [-0.1, -0.05) is 36.4 Å². The summed E-state index contributed by atoms with van der Waals surface area (Å²) >= 11 is 0. The van der Waals surface area contributed by atoms with Gasteiger partial charge in [-0.15, -0.1) is 0 Å². The van der Waals surface area contributed by atoms with Crippen LogP contribution in [0.2, 0.25) is 0 Å². The van der Waals surface area contributed by atoms with E-state index in [0.717, 1.165) is 5.56 Å². The van der Waals surface area contributed by atoms with Crippen molar-refractivity contribution in [3.63, 3.8) is 0 Å². The molecule has 0 fully saturated rings. The molecule has 0 N–H and O–H groups in total. The molecule has 0 spiro atoms. The maximum Gasteiger partial charge on any atom is 0.280 e. The van der Waals surface area contributed by atoms with Crippen LogP contribution in [0.3, 0.4) is 0 Å². The largest absolute Gasteiger partial charge is 0.493 e. The van der Waals surface area contributed by atoms with Crippen LogP contribution >= 0.6 is 0 Å². The number of hydrazone groups is 1. The third-order valence-corrected chi connectivity index (χ3v) is 5.08. The molecule has 1 aliphatic heterocycles. The van der Waals surface area contributed by atoms with Gasteiger partial charge in [0.25, 0.3) is 11.6 Å². The number of carbonyl (C=O) groups is 1. The summed E-state index contributed by atoms with van der Waals surface area (Å²) in [5.74, 6) is 0.763. The second kappa shape index (κ2) is 9.35. The molecule has 33 heavy (non-hydrogen) atoms. The first kappa shape index (κ1) is 21.8. The number of methoxy groups -OCH3 is 1. The summed E-state index contributed by atoms with van der Waals surface area (Å²) in [4.78, 5) is 23.4. The van der Waals surface area contributed by atoms with E-state index in [-0.39, 0.29) is 18.2 Å². The predicted molar refractivity (Wildman–Crippen MR) is 125 cm³/mol. The summed E-state index contributed by atoms with van der Waals surface area (Å²) in [7, 11) is 1.52. The lowest BCUT2D eigenvalue weighted by Crippen LogP contribution is -2.21. The number of non-ortho nitro benzene ring substituents is 1. The zero-order valence-corrected chi connectivity index (χ0v) is 18.1. The molecule has 8 heteroatoms. The topological polar surface area (TPSA) is 94.3 Å². The summed E-state index contributed by atoms with van der Waals surface area (Å²) in [6, 6.07) is 20.8. The molecule has 3 aromatic rings. The Kier molecular flexibility index (Phi) is 6.17. The Balaban J connectivity index is 1.53. The average molecular weight is 443 g/mol. The molecule has 166 valence electrons. The van der Waals surface area contributed by atoms with Crippen molar-refractivity contribution >= 4 is 29.1 Å². The highest BCUT2D eigenvalue weighted by Crippen LogP contribution is 2.31. The SMILES string of the molecule is COc1cc(/C=C2\C(=O)N(c3ccccc3)N=C2C)ccc1OCc1cccc([N+](=O)[O-])c1. The monoisotopic (exact) mass is 443 g/mol. The van der Waals surface area contributed by atoms with Gasteiger partial charge in [-0.2, -0.15) is 10.1 Å². The number of para-hydroxylation sites is 1. The molecule has 0 aromatic heterocycles. The number of nitro benzene ring substituents is 1. The molecule has 8 nitrogen and oxygen atoms in total. The molecular formula is C25H21N3O5. The first-order valence-corrected chi connectivity index (χ1v) is 10.2. The van der Waals surface area contributed by atoms with Crippen molar-refractivity contribution in [1.82, 2.24) is 0 Å². The zero-order valence-electron chi connectivity index (χ0n) is 18.1. The van der Waals surface area contributed by atoms with E-state index in [1.807, 2.05) is 36.4 Å². The van der Waals surface area contributed by atoms with Gasteiger partial charge < -0.3 is 9.47 Å². The zero-order chi connectivity index (χ0) is 23.4. The van der Waals surface area contributed by atoms with Crippen LogP contribution < -0.4 is 14.5 Å². The number of nitrogens with zero attached hydrogens (tertiary/aromatic N) is 3. The van der Waals surface area contributed by atoms with Gasteiger partial charge in [0.15, 0.2) is 11.5 Å². The average Bonchev–Trinajstić information content (AvgIpc) is 3.12. The number of carbonyl (C=O) groups excluding carboxylic acids is 1. The fourth-order valence-corrected chi connectivity index (χ4v) is 3.41. The molecular weight excluding hydrogens is 422 g/mol. The minimum absolute atomic E-state index is 0.00727. The minimum Gasteiger partial charge on any atom is -0.493 e. The van der Waals surface area contributed by atoms with Crippen LogP contribution in [-0.4, -0.2) is 23.7 Å². The highest BCUT2D eigenvalue weighted by Gasteiger charge is 2.28. The van der Waals surface area contributed by atoms with Crippen LogP contribution in [0.25, 0.3) is 6.08 Å². The number of amides is 1. The minimum atomic E-state index is -0.444. The molecule has 0 aliphatic carbocycles. The van der Waals surface area contributed by atoms with Crippen molar-refractivity contribution in [1.29, 1.82) is 0 Å². The lowest BCUT2D eigenvalue weighted by Gasteiger charge is -2.12. The summed E-state index contributed by atoms with van der Waals surface area (Å²) < 4.78 is 11.3. The lowest BCUT2D eigenvalue weighted by atomic mass is 10.1. The molecule has 0 unspecified atom stereocenters. The first-order valence-electron chi connectivity index (χ1n) is 10.2. The van der Waals surface area contributed by atoms with E-state index in [1.54, 1.807) is 37.3 Å². The van der Waals surface area contributed by atoms with Crippen LogP contribution in [0.4, 0.5) is 11.4 Å². The quantitative estimate of drug-likeness (QED) is 0.291. The first-order chi connectivity index (χ1) is 16.0. The normalized spacial score (nSPS) is 14.4.